The summed E-state index contributed by atoms with van der Waals surface area (Å²) in [6.45, 7) is 0.770. The van der Waals surface area contributed by atoms with Crippen LogP contribution in [-0.2, 0) is 0 Å². The van der Waals surface area contributed by atoms with E-state index in [2.05, 4.69) is 10.3 Å². The van der Waals surface area contributed by atoms with E-state index in [0.29, 0.717) is 17.4 Å². The van der Waals surface area contributed by atoms with Gasteiger partial charge in [0.25, 0.3) is 5.91 Å². The van der Waals surface area contributed by atoms with Crippen molar-refractivity contribution in [2.75, 3.05) is 18.1 Å². The molecule has 2 heterocycles. The average molecular weight is 278 g/mol. The SMILES string of the molecule is O=C(NCC1CC1)c1cccnc1OC1CCSC1. The Morgan fingerprint density at radius 1 is 1.47 bits per heavy atom. The van der Waals surface area contributed by atoms with Gasteiger partial charge in [0.2, 0.25) is 5.88 Å². The topological polar surface area (TPSA) is 51.2 Å². The molecule has 1 aromatic heterocycles. The fourth-order valence-electron chi connectivity index (χ4n) is 2.08. The van der Waals surface area contributed by atoms with E-state index >= 15 is 0 Å². The maximum Gasteiger partial charge on any atom is 0.256 e. The Morgan fingerprint density at radius 2 is 2.37 bits per heavy atom. The molecular formula is C14H18N2O2S. The molecule has 19 heavy (non-hydrogen) atoms. The van der Waals surface area contributed by atoms with Gasteiger partial charge in [-0.05, 0) is 43.1 Å². The molecule has 1 aromatic rings. The number of ether oxygens (including phenoxy) is 1. The molecule has 1 aliphatic carbocycles. The maximum atomic E-state index is 12.1. The largest absolute Gasteiger partial charge is 0.473 e. The molecular weight excluding hydrogens is 260 g/mol. The van der Waals surface area contributed by atoms with Gasteiger partial charge in [0.05, 0.1) is 0 Å². The number of amides is 1. The highest BCUT2D eigenvalue weighted by molar-refractivity contribution is 7.99. The lowest BCUT2D eigenvalue weighted by Gasteiger charge is -2.14. The minimum Gasteiger partial charge on any atom is -0.473 e. The van der Waals surface area contributed by atoms with E-state index < -0.39 is 0 Å². The quantitative estimate of drug-likeness (QED) is 0.896. The number of carbonyl (C=O) groups excluding carboxylic acids is 1. The van der Waals surface area contributed by atoms with Gasteiger partial charge >= 0.3 is 0 Å². The van der Waals surface area contributed by atoms with Crippen LogP contribution in [0.3, 0.4) is 0 Å². The van der Waals surface area contributed by atoms with E-state index in [0.717, 1.165) is 24.5 Å². The van der Waals surface area contributed by atoms with E-state index in [1.807, 2.05) is 11.8 Å². The van der Waals surface area contributed by atoms with Crippen molar-refractivity contribution >= 4 is 17.7 Å². The fraction of sp³-hybridized carbons (Fsp3) is 0.571. The van der Waals surface area contributed by atoms with Crippen LogP contribution in [0.15, 0.2) is 18.3 Å². The van der Waals surface area contributed by atoms with Crippen molar-refractivity contribution in [1.29, 1.82) is 0 Å². The van der Waals surface area contributed by atoms with E-state index in [4.69, 9.17) is 4.74 Å². The molecule has 1 aliphatic heterocycles. The van der Waals surface area contributed by atoms with Crippen molar-refractivity contribution in [3.63, 3.8) is 0 Å². The number of thioether (sulfide) groups is 1. The van der Waals surface area contributed by atoms with Gasteiger partial charge in [0, 0.05) is 18.5 Å². The van der Waals surface area contributed by atoms with Crippen LogP contribution < -0.4 is 10.1 Å². The molecule has 102 valence electrons. The summed E-state index contributed by atoms with van der Waals surface area (Å²) in [4.78, 5) is 16.3. The monoisotopic (exact) mass is 278 g/mol. The molecule has 0 aromatic carbocycles. The highest BCUT2D eigenvalue weighted by Gasteiger charge is 2.24. The molecule has 2 fully saturated rings. The van der Waals surface area contributed by atoms with Crippen molar-refractivity contribution in [1.82, 2.24) is 10.3 Å². The Bertz CT molecular complexity index is 457. The molecule has 0 radical (unpaired) electrons. The summed E-state index contributed by atoms with van der Waals surface area (Å²) in [5.41, 5.74) is 0.556. The van der Waals surface area contributed by atoms with Crippen molar-refractivity contribution in [3.05, 3.63) is 23.9 Å². The number of hydrogen-bond donors (Lipinski definition) is 1. The minimum atomic E-state index is -0.0688. The Labute approximate surface area is 117 Å². The second kappa shape index (κ2) is 5.82. The summed E-state index contributed by atoms with van der Waals surface area (Å²) >= 11 is 1.88. The van der Waals surface area contributed by atoms with Crippen molar-refractivity contribution in [2.45, 2.75) is 25.4 Å². The average Bonchev–Trinajstić information content (AvgIpc) is 3.13. The van der Waals surface area contributed by atoms with Gasteiger partial charge in [-0.15, -0.1) is 0 Å². The summed E-state index contributed by atoms with van der Waals surface area (Å²) in [5, 5.41) is 2.96. The Morgan fingerprint density at radius 3 is 3.11 bits per heavy atom. The molecule has 1 N–H and O–H groups in total. The second-order valence-corrected chi connectivity index (χ2v) is 6.26. The Kier molecular flexibility index (Phi) is 3.92. The first-order valence-electron chi connectivity index (χ1n) is 6.80. The number of nitrogens with zero attached hydrogens (tertiary/aromatic N) is 1. The standard InChI is InChI=1S/C14H18N2O2S/c17-13(16-8-10-3-4-10)12-2-1-6-15-14(12)18-11-5-7-19-9-11/h1-2,6,10-11H,3-5,7-9H2,(H,16,17). The number of aromatic nitrogens is 1. The van der Waals surface area contributed by atoms with Crippen molar-refractivity contribution in [3.8, 4) is 5.88 Å². The highest BCUT2D eigenvalue weighted by Crippen LogP contribution is 2.28. The van der Waals surface area contributed by atoms with Gasteiger partial charge in [0.1, 0.15) is 11.7 Å². The molecule has 1 amide bonds. The van der Waals surface area contributed by atoms with Gasteiger partial charge in [-0.1, -0.05) is 0 Å². The van der Waals surface area contributed by atoms with Gasteiger partial charge < -0.3 is 10.1 Å². The lowest BCUT2D eigenvalue weighted by atomic mass is 10.2. The molecule has 4 nitrogen and oxygen atoms in total. The van der Waals surface area contributed by atoms with E-state index in [1.165, 1.54) is 12.8 Å². The summed E-state index contributed by atoms with van der Waals surface area (Å²) in [5.74, 6) is 3.20. The van der Waals surface area contributed by atoms with Crippen LogP contribution >= 0.6 is 11.8 Å². The molecule has 1 unspecified atom stereocenters. The lowest BCUT2D eigenvalue weighted by molar-refractivity contribution is 0.0944. The Hall–Kier alpha value is -1.23. The van der Waals surface area contributed by atoms with Gasteiger partial charge in [-0.2, -0.15) is 11.8 Å². The van der Waals surface area contributed by atoms with Crippen LogP contribution in [0.2, 0.25) is 0 Å². The fourth-order valence-corrected chi connectivity index (χ4v) is 3.17. The zero-order valence-corrected chi connectivity index (χ0v) is 11.6. The van der Waals surface area contributed by atoms with E-state index in [9.17, 15) is 4.79 Å². The first-order valence-corrected chi connectivity index (χ1v) is 7.96. The molecule has 1 saturated heterocycles. The molecule has 3 rings (SSSR count). The summed E-state index contributed by atoms with van der Waals surface area (Å²) in [6.07, 6.45) is 5.36. The first kappa shape index (κ1) is 12.8. The third kappa shape index (κ3) is 3.41. The van der Waals surface area contributed by atoms with Crippen LogP contribution in [-0.4, -0.2) is 35.0 Å². The van der Waals surface area contributed by atoms with Gasteiger partial charge in [0.15, 0.2) is 0 Å². The predicted molar refractivity (Wildman–Crippen MR) is 75.7 cm³/mol. The number of pyridine rings is 1. The molecule has 5 heteroatoms. The highest BCUT2D eigenvalue weighted by atomic mass is 32.2. The number of hydrogen-bond acceptors (Lipinski definition) is 4. The van der Waals surface area contributed by atoms with Crippen molar-refractivity contribution in [2.24, 2.45) is 5.92 Å². The number of nitrogens with one attached hydrogen (secondary N) is 1. The van der Waals surface area contributed by atoms with E-state index in [-0.39, 0.29) is 12.0 Å². The van der Waals surface area contributed by atoms with Crippen LogP contribution in [0.1, 0.15) is 29.6 Å². The second-order valence-electron chi connectivity index (χ2n) is 5.11. The summed E-state index contributed by atoms with van der Waals surface area (Å²) in [6, 6.07) is 3.56. The predicted octanol–water partition coefficient (Wildman–Crippen LogP) is 2.11. The molecule has 0 spiro atoms. The smallest absolute Gasteiger partial charge is 0.256 e. The molecule has 1 saturated carbocycles. The maximum absolute atomic E-state index is 12.1. The third-order valence-electron chi connectivity index (χ3n) is 3.43. The normalized spacial score (nSPS) is 22.2. The zero-order valence-electron chi connectivity index (χ0n) is 10.8. The van der Waals surface area contributed by atoms with Crippen LogP contribution in [0, 0.1) is 5.92 Å². The first-order chi connectivity index (χ1) is 9.33. The lowest BCUT2D eigenvalue weighted by Crippen LogP contribution is -2.27. The molecule has 2 aliphatic rings. The zero-order chi connectivity index (χ0) is 13.1. The van der Waals surface area contributed by atoms with Crippen LogP contribution in [0.5, 0.6) is 5.88 Å². The van der Waals surface area contributed by atoms with Gasteiger partial charge in [-0.25, -0.2) is 4.98 Å². The minimum absolute atomic E-state index is 0.0688. The van der Waals surface area contributed by atoms with Crippen LogP contribution in [0.25, 0.3) is 0 Å². The van der Waals surface area contributed by atoms with Gasteiger partial charge in [-0.3, -0.25) is 4.79 Å². The van der Waals surface area contributed by atoms with E-state index in [1.54, 1.807) is 18.3 Å². The third-order valence-corrected chi connectivity index (χ3v) is 4.56. The summed E-state index contributed by atoms with van der Waals surface area (Å²) in [7, 11) is 0. The Balaban J connectivity index is 1.66. The molecule has 0 bridgehead atoms. The molecule has 1 atom stereocenters. The van der Waals surface area contributed by atoms with Crippen molar-refractivity contribution < 1.29 is 9.53 Å². The van der Waals surface area contributed by atoms with Crippen LogP contribution in [0.4, 0.5) is 0 Å². The summed E-state index contributed by atoms with van der Waals surface area (Å²) < 4.78 is 5.86. The number of rotatable bonds is 5. The number of carbonyl (C=O) groups is 1.